The molecule has 1 aliphatic heterocycles. The van der Waals surface area contributed by atoms with Gasteiger partial charge in [0.15, 0.2) is 0 Å². The highest BCUT2D eigenvalue weighted by atomic mass is 16.2. The van der Waals surface area contributed by atoms with Gasteiger partial charge in [0.25, 0.3) is 0 Å². The van der Waals surface area contributed by atoms with Gasteiger partial charge in [0.1, 0.15) is 0 Å². The molecule has 0 radical (unpaired) electrons. The molecule has 0 bridgehead atoms. The first-order valence-electron chi connectivity index (χ1n) is 6.09. The van der Waals surface area contributed by atoms with Crippen LogP contribution in [0.1, 0.15) is 46.5 Å². The van der Waals surface area contributed by atoms with E-state index in [1.807, 2.05) is 18.7 Å². The summed E-state index contributed by atoms with van der Waals surface area (Å²) >= 11 is 0. The molecule has 15 heavy (non-hydrogen) atoms. The molecule has 2 unspecified atom stereocenters. The fourth-order valence-electron chi connectivity index (χ4n) is 2.17. The number of nitrogens with two attached hydrogens (primary N) is 1. The first-order valence-corrected chi connectivity index (χ1v) is 6.09. The van der Waals surface area contributed by atoms with Crippen molar-refractivity contribution in [3.8, 4) is 0 Å². The Kier molecular flexibility index (Phi) is 4.14. The van der Waals surface area contributed by atoms with Crippen LogP contribution in [0.15, 0.2) is 0 Å². The lowest BCUT2D eigenvalue weighted by atomic mass is 9.98. The van der Waals surface area contributed by atoms with Crippen LogP contribution in [0.3, 0.4) is 0 Å². The normalized spacial score (nSPS) is 25.3. The molecule has 1 aliphatic rings. The third-order valence-corrected chi connectivity index (χ3v) is 3.49. The Balaban J connectivity index is 2.50. The van der Waals surface area contributed by atoms with Crippen LogP contribution in [0.5, 0.6) is 0 Å². The standard InChI is InChI=1S/C12H24N2O/c1-4-6-10-7-8-14(9-10)11(15)12(3,13)5-2/h10H,4-9,13H2,1-3H3. The molecule has 2 N–H and O–H groups in total. The van der Waals surface area contributed by atoms with Crippen molar-refractivity contribution in [2.75, 3.05) is 13.1 Å². The number of likely N-dealkylation sites (tertiary alicyclic amines) is 1. The van der Waals surface area contributed by atoms with Gasteiger partial charge in [0.2, 0.25) is 5.91 Å². The van der Waals surface area contributed by atoms with Crippen LogP contribution >= 0.6 is 0 Å². The maximum Gasteiger partial charge on any atom is 0.242 e. The van der Waals surface area contributed by atoms with E-state index in [4.69, 9.17) is 5.73 Å². The van der Waals surface area contributed by atoms with E-state index in [1.165, 1.54) is 12.8 Å². The smallest absolute Gasteiger partial charge is 0.242 e. The third kappa shape index (κ3) is 2.94. The lowest BCUT2D eigenvalue weighted by Crippen LogP contribution is -2.52. The Morgan fingerprint density at radius 3 is 2.73 bits per heavy atom. The summed E-state index contributed by atoms with van der Waals surface area (Å²) in [5.41, 5.74) is 5.30. The Morgan fingerprint density at radius 2 is 2.20 bits per heavy atom. The summed E-state index contributed by atoms with van der Waals surface area (Å²) < 4.78 is 0. The number of hydrogen-bond donors (Lipinski definition) is 1. The zero-order chi connectivity index (χ0) is 11.5. The second-order valence-electron chi connectivity index (χ2n) is 4.97. The molecule has 3 heteroatoms. The molecule has 1 rings (SSSR count). The van der Waals surface area contributed by atoms with Crippen LogP contribution in [-0.4, -0.2) is 29.4 Å². The summed E-state index contributed by atoms with van der Waals surface area (Å²) in [6.07, 6.45) is 4.30. The Labute approximate surface area is 93.0 Å². The van der Waals surface area contributed by atoms with Crippen molar-refractivity contribution in [2.45, 2.75) is 52.0 Å². The minimum Gasteiger partial charge on any atom is -0.341 e. The Morgan fingerprint density at radius 1 is 1.53 bits per heavy atom. The van der Waals surface area contributed by atoms with Crippen molar-refractivity contribution in [2.24, 2.45) is 11.7 Å². The molecule has 1 saturated heterocycles. The lowest BCUT2D eigenvalue weighted by molar-refractivity contribution is -0.135. The SMILES string of the molecule is CCCC1CCN(C(=O)C(C)(N)CC)C1. The molecule has 0 spiro atoms. The van der Waals surface area contributed by atoms with Gasteiger partial charge in [0.05, 0.1) is 5.54 Å². The highest BCUT2D eigenvalue weighted by molar-refractivity contribution is 5.85. The molecular weight excluding hydrogens is 188 g/mol. The molecule has 1 fully saturated rings. The van der Waals surface area contributed by atoms with Crippen LogP contribution in [0.2, 0.25) is 0 Å². The fourth-order valence-corrected chi connectivity index (χ4v) is 2.17. The molecule has 1 heterocycles. The van der Waals surface area contributed by atoms with Gasteiger partial charge in [0, 0.05) is 13.1 Å². The second kappa shape index (κ2) is 4.97. The fraction of sp³-hybridized carbons (Fsp3) is 0.917. The van der Waals surface area contributed by atoms with Crippen molar-refractivity contribution in [1.82, 2.24) is 4.90 Å². The Hall–Kier alpha value is -0.570. The zero-order valence-electron chi connectivity index (χ0n) is 10.3. The van der Waals surface area contributed by atoms with Gasteiger partial charge in [-0.15, -0.1) is 0 Å². The number of carbonyl (C=O) groups is 1. The van der Waals surface area contributed by atoms with Crippen LogP contribution in [0, 0.1) is 5.92 Å². The number of nitrogens with zero attached hydrogens (tertiary/aromatic N) is 1. The van der Waals surface area contributed by atoms with E-state index in [-0.39, 0.29) is 5.91 Å². The minimum absolute atomic E-state index is 0.128. The summed E-state index contributed by atoms with van der Waals surface area (Å²) in [4.78, 5) is 14.0. The minimum atomic E-state index is -0.666. The lowest BCUT2D eigenvalue weighted by Gasteiger charge is -2.28. The summed E-state index contributed by atoms with van der Waals surface area (Å²) in [7, 11) is 0. The molecule has 1 amide bonds. The number of amides is 1. The van der Waals surface area contributed by atoms with Gasteiger partial charge in [-0.3, -0.25) is 4.79 Å². The van der Waals surface area contributed by atoms with Gasteiger partial charge in [-0.25, -0.2) is 0 Å². The highest BCUT2D eigenvalue weighted by Gasteiger charge is 2.34. The van der Waals surface area contributed by atoms with Crippen molar-refractivity contribution < 1.29 is 4.79 Å². The van der Waals surface area contributed by atoms with E-state index in [0.29, 0.717) is 12.3 Å². The third-order valence-electron chi connectivity index (χ3n) is 3.49. The summed E-state index contributed by atoms with van der Waals surface area (Å²) in [6.45, 7) is 7.82. The van der Waals surface area contributed by atoms with Crippen molar-refractivity contribution >= 4 is 5.91 Å². The van der Waals surface area contributed by atoms with E-state index in [9.17, 15) is 4.79 Å². The number of carbonyl (C=O) groups excluding carboxylic acids is 1. The number of rotatable bonds is 4. The van der Waals surface area contributed by atoms with Crippen LogP contribution in [0.25, 0.3) is 0 Å². The largest absolute Gasteiger partial charge is 0.341 e. The Bertz CT molecular complexity index is 226. The summed E-state index contributed by atoms with van der Waals surface area (Å²) in [6, 6.07) is 0. The first-order chi connectivity index (χ1) is 7.01. The van der Waals surface area contributed by atoms with E-state index in [1.54, 1.807) is 0 Å². The first kappa shape index (κ1) is 12.5. The molecule has 88 valence electrons. The topological polar surface area (TPSA) is 46.3 Å². The maximum absolute atomic E-state index is 12.0. The summed E-state index contributed by atoms with van der Waals surface area (Å²) in [5, 5.41) is 0. The van der Waals surface area contributed by atoms with Crippen molar-refractivity contribution in [1.29, 1.82) is 0 Å². The average molecular weight is 212 g/mol. The van der Waals surface area contributed by atoms with Crippen molar-refractivity contribution in [3.63, 3.8) is 0 Å². The van der Waals surface area contributed by atoms with Crippen molar-refractivity contribution in [3.05, 3.63) is 0 Å². The molecule has 0 aromatic heterocycles. The predicted octanol–water partition coefficient (Wildman–Crippen LogP) is 1.76. The zero-order valence-corrected chi connectivity index (χ0v) is 10.3. The highest BCUT2D eigenvalue weighted by Crippen LogP contribution is 2.23. The van der Waals surface area contributed by atoms with E-state index in [2.05, 4.69) is 6.92 Å². The predicted molar refractivity (Wildman–Crippen MR) is 62.5 cm³/mol. The molecular formula is C12H24N2O. The van der Waals surface area contributed by atoms with Gasteiger partial charge < -0.3 is 10.6 Å². The van der Waals surface area contributed by atoms with E-state index >= 15 is 0 Å². The quantitative estimate of drug-likeness (QED) is 0.772. The monoisotopic (exact) mass is 212 g/mol. The molecule has 3 nitrogen and oxygen atoms in total. The van der Waals surface area contributed by atoms with Gasteiger partial charge in [-0.05, 0) is 32.1 Å². The van der Waals surface area contributed by atoms with Crippen LogP contribution < -0.4 is 5.73 Å². The van der Waals surface area contributed by atoms with Crippen LogP contribution in [0.4, 0.5) is 0 Å². The average Bonchev–Trinajstić information content (AvgIpc) is 2.66. The van der Waals surface area contributed by atoms with E-state index in [0.717, 1.165) is 19.5 Å². The van der Waals surface area contributed by atoms with Gasteiger partial charge in [-0.2, -0.15) is 0 Å². The van der Waals surface area contributed by atoms with Crippen LogP contribution in [-0.2, 0) is 4.79 Å². The summed E-state index contributed by atoms with van der Waals surface area (Å²) in [5.74, 6) is 0.829. The van der Waals surface area contributed by atoms with E-state index < -0.39 is 5.54 Å². The molecule has 0 aromatic carbocycles. The molecule has 2 atom stereocenters. The van der Waals surface area contributed by atoms with Gasteiger partial charge in [-0.1, -0.05) is 20.3 Å². The molecule has 0 saturated carbocycles. The second-order valence-corrected chi connectivity index (χ2v) is 4.97. The molecule has 0 aromatic rings. The maximum atomic E-state index is 12.0. The van der Waals surface area contributed by atoms with Gasteiger partial charge >= 0.3 is 0 Å². The molecule has 0 aliphatic carbocycles. The number of hydrogen-bond acceptors (Lipinski definition) is 2.